The van der Waals surface area contributed by atoms with Crippen molar-refractivity contribution in [2.75, 3.05) is 13.1 Å². The van der Waals surface area contributed by atoms with E-state index in [2.05, 4.69) is 38.1 Å². The normalized spacial score (nSPS) is 17.6. The van der Waals surface area contributed by atoms with E-state index in [0.29, 0.717) is 5.91 Å². The Morgan fingerprint density at radius 1 is 1.28 bits per heavy atom. The van der Waals surface area contributed by atoms with E-state index < -0.39 is 0 Å². The standard InChI is InChI=1S/C15H21NOS/c1-3-9-16(10-4-2)15(17)14-11-12-7-5-6-8-13(12)18-14/h5-8,14H,3-4,9-11H2,1-2H3. The number of nitrogens with zero attached hydrogens (tertiary/aromatic N) is 1. The number of rotatable bonds is 5. The summed E-state index contributed by atoms with van der Waals surface area (Å²) >= 11 is 1.73. The largest absolute Gasteiger partial charge is 0.342 e. The number of hydrogen-bond donors (Lipinski definition) is 0. The van der Waals surface area contributed by atoms with E-state index >= 15 is 0 Å². The molecule has 3 heteroatoms. The van der Waals surface area contributed by atoms with Crippen molar-refractivity contribution in [2.45, 2.75) is 43.3 Å². The third-order valence-corrected chi connectivity index (χ3v) is 4.53. The zero-order valence-corrected chi connectivity index (χ0v) is 12.0. The van der Waals surface area contributed by atoms with Crippen LogP contribution in [0.4, 0.5) is 0 Å². The first kappa shape index (κ1) is 13.5. The van der Waals surface area contributed by atoms with Gasteiger partial charge in [-0.1, -0.05) is 32.0 Å². The van der Waals surface area contributed by atoms with Gasteiger partial charge in [0.15, 0.2) is 0 Å². The SMILES string of the molecule is CCCN(CCC)C(=O)C1Cc2ccccc2S1. The fourth-order valence-electron chi connectivity index (χ4n) is 2.40. The minimum absolute atomic E-state index is 0.0977. The maximum atomic E-state index is 12.5. The van der Waals surface area contributed by atoms with Gasteiger partial charge in [-0.05, 0) is 30.9 Å². The summed E-state index contributed by atoms with van der Waals surface area (Å²) in [6, 6.07) is 8.37. The van der Waals surface area contributed by atoms with E-state index in [1.54, 1.807) is 11.8 Å². The van der Waals surface area contributed by atoms with Crippen LogP contribution in [-0.2, 0) is 11.2 Å². The summed E-state index contributed by atoms with van der Waals surface area (Å²) in [5.74, 6) is 0.319. The summed E-state index contributed by atoms with van der Waals surface area (Å²) in [4.78, 5) is 15.8. The average Bonchev–Trinajstić information content (AvgIpc) is 2.81. The molecule has 1 aromatic rings. The monoisotopic (exact) mass is 263 g/mol. The van der Waals surface area contributed by atoms with Crippen molar-refractivity contribution in [3.8, 4) is 0 Å². The molecule has 1 aliphatic rings. The Kier molecular flexibility index (Phi) is 4.70. The number of carbonyl (C=O) groups is 1. The van der Waals surface area contributed by atoms with Crippen LogP contribution < -0.4 is 0 Å². The van der Waals surface area contributed by atoms with E-state index in [9.17, 15) is 4.79 Å². The van der Waals surface area contributed by atoms with Crippen molar-refractivity contribution in [1.82, 2.24) is 4.90 Å². The number of fused-ring (bicyclic) bond motifs is 1. The van der Waals surface area contributed by atoms with Gasteiger partial charge in [0.1, 0.15) is 0 Å². The second-order valence-electron chi connectivity index (χ2n) is 4.74. The lowest BCUT2D eigenvalue weighted by atomic mass is 10.1. The van der Waals surface area contributed by atoms with Gasteiger partial charge in [-0.3, -0.25) is 4.79 Å². The highest BCUT2D eigenvalue weighted by molar-refractivity contribution is 8.01. The fraction of sp³-hybridized carbons (Fsp3) is 0.533. The first-order valence-electron chi connectivity index (χ1n) is 6.79. The molecule has 0 N–H and O–H groups in total. The van der Waals surface area contributed by atoms with Crippen LogP contribution in [0.2, 0.25) is 0 Å². The van der Waals surface area contributed by atoms with Gasteiger partial charge in [-0.25, -0.2) is 0 Å². The first-order valence-corrected chi connectivity index (χ1v) is 7.67. The van der Waals surface area contributed by atoms with Gasteiger partial charge in [-0.2, -0.15) is 0 Å². The summed E-state index contributed by atoms with van der Waals surface area (Å²) in [7, 11) is 0. The summed E-state index contributed by atoms with van der Waals surface area (Å²) in [6.45, 7) is 6.04. The Labute approximate surface area is 114 Å². The van der Waals surface area contributed by atoms with Gasteiger partial charge in [0, 0.05) is 18.0 Å². The Hall–Kier alpha value is -0.960. The average molecular weight is 263 g/mol. The Morgan fingerprint density at radius 3 is 2.56 bits per heavy atom. The molecule has 1 aliphatic heterocycles. The molecule has 0 bridgehead atoms. The molecular formula is C15H21NOS. The topological polar surface area (TPSA) is 20.3 Å². The lowest BCUT2D eigenvalue weighted by Crippen LogP contribution is -2.38. The third-order valence-electron chi connectivity index (χ3n) is 3.22. The number of hydrogen-bond acceptors (Lipinski definition) is 2. The van der Waals surface area contributed by atoms with Gasteiger partial charge in [0.25, 0.3) is 0 Å². The van der Waals surface area contributed by atoms with E-state index in [-0.39, 0.29) is 5.25 Å². The van der Waals surface area contributed by atoms with E-state index in [0.717, 1.165) is 32.4 Å². The van der Waals surface area contributed by atoms with E-state index in [1.165, 1.54) is 10.5 Å². The molecule has 1 amide bonds. The highest BCUT2D eigenvalue weighted by atomic mass is 32.2. The quantitative estimate of drug-likeness (QED) is 0.812. The molecule has 1 atom stereocenters. The van der Waals surface area contributed by atoms with Crippen LogP contribution in [0.3, 0.4) is 0 Å². The molecule has 1 unspecified atom stereocenters. The second-order valence-corrected chi connectivity index (χ2v) is 5.99. The first-order chi connectivity index (χ1) is 8.76. The van der Waals surface area contributed by atoms with Crippen LogP contribution in [0.1, 0.15) is 32.3 Å². The fourth-order valence-corrected chi connectivity index (χ4v) is 3.67. The molecule has 0 saturated carbocycles. The van der Waals surface area contributed by atoms with Gasteiger partial charge in [0.2, 0.25) is 5.91 Å². The number of amides is 1. The maximum Gasteiger partial charge on any atom is 0.236 e. The highest BCUT2D eigenvalue weighted by Gasteiger charge is 2.30. The van der Waals surface area contributed by atoms with Crippen LogP contribution in [-0.4, -0.2) is 29.1 Å². The van der Waals surface area contributed by atoms with Crippen LogP contribution in [0.25, 0.3) is 0 Å². The van der Waals surface area contributed by atoms with Crippen molar-refractivity contribution in [3.63, 3.8) is 0 Å². The van der Waals surface area contributed by atoms with Crippen LogP contribution in [0, 0.1) is 0 Å². The molecule has 0 aromatic heterocycles. The Balaban J connectivity index is 2.03. The van der Waals surface area contributed by atoms with Crippen LogP contribution in [0.15, 0.2) is 29.2 Å². The molecule has 0 spiro atoms. The molecule has 2 nitrogen and oxygen atoms in total. The molecular weight excluding hydrogens is 242 g/mol. The number of carbonyl (C=O) groups excluding carboxylic acids is 1. The molecule has 0 saturated heterocycles. The Bertz CT molecular complexity index is 388. The predicted molar refractivity (Wildman–Crippen MR) is 77.0 cm³/mol. The summed E-state index contributed by atoms with van der Waals surface area (Å²) < 4.78 is 0. The van der Waals surface area contributed by atoms with Gasteiger partial charge in [-0.15, -0.1) is 11.8 Å². The molecule has 2 rings (SSSR count). The molecule has 1 aromatic carbocycles. The highest BCUT2D eigenvalue weighted by Crippen LogP contribution is 2.37. The van der Waals surface area contributed by atoms with Gasteiger partial charge < -0.3 is 4.90 Å². The van der Waals surface area contributed by atoms with Gasteiger partial charge >= 0.3 is 0 Å². The maximum absolute atomic E-state index is 12.5. The Morgan fingerprint density at radius 2 is 1.94 bits per heavy atom. The van der Waals surface area contributed by atoms with Crippen LogP contribution >= 0.6 is 11.8 Å². The summed E-state index contributed by atoms with van der Waals surface area (Å²) in [6.07, 6.45) is 2.97. The van der Waals surface area contributed by atoms with E-state index in [1.807, 2.05) is 4.90 Å². The number of benzene rings is 1. The molecule has 1 heterocycles. The molecule has 0 aliphatic carbocycles. The molecule has 18 heavy (non-hydrogen) atoms. The minimum Gasteiger partial charge on any atom is -0.342 e. The lowest BCUT2D eigenvalue weighted by molar-refractivity contribution is -0.130. The van der Waals surface area contributed by atoms with Gasteiger partial charge in [0.05, 0.1) is 5.25 Å². The number of thioether (sulfide) groups is 1. The summed E-state index contributed by atoms with van der Waals surface area (Å²) in [5, 5.41) is 0.0977. The van der Waals surface area contributed by atoms with Crippen molar-refractivity contribution >= 4 is 17.7 Å². The van der Waals surface area contributed by atoms with Crippen molar-refractivity contribution in [3.05, 3.63) is 29.8 Å². The molecule has 0 radical (unpaired) electrons. The van der Waals surface area contributed by atoms with E-state index in [4.69, 9.17) is 0 Å². The minimum atomic E-state index is 0.0977. The molecule has 98 valence electrons. The third kappa shape index (κ3) is 2.89. The van der Waals surface area contributed by atoms with Crippen LogP contribution in [0.5, 0.6) is 0 Å². The lowest BCUT2D eigenvalue weighted by Gasteiger charge is -2.24. The predicted octanol–water partition coefficient (Wildman–Crippen LogP) is 3.35. The second kappa shape index (κ2) is 6.28. The smallest absolute Gasteiger partial charge is 0.236 e. The molecule has 0 fully saturated rings. The van der Waals surface area contributed by atoms with Crippen molar-refractivity contribution in [1.29, 1.82) is 0 Å². The zero-order valence-electron chi connectivity index (χ0n) is 11.2. The summed E-state index contributed by atoms with van der Waals surface area (Å²) in [5.41, 5.74) is 1.33. The van der Waals surface area contributed by atoms with Crippen molar-refractivity contribution in [2.24, 2.45) is 0 Å². The van der Waals surface area contributed by atoms with Crippen molar-refractivity contribution < 1.29 is 4.79 Å². The zero-order chi connectivity index (χ0) is 13.0.